The van der Waals surface area contributed by atoms with Gasteiger partial charge in [0.05, 0.1) is 0 Å². The minimum absolute atomic E-state index is 1.21. The van der Waals surface area contributed by atoms with Gasteiger partial charge in [-0.05, 0) is 51.3 Å². The molecule has 0 atom stereocenters. The van der Waals surface area contributed by atoms with Gasteiger partial charge in [0.2, 0.25) is 0 Å². The van der Waals surface area contributed by atoms with Crippen molar-refractivity contribution in [3.8, 4) is 0 Å². The van der Waals surface area contributed by atoms with E-state index in [-0.39, 0.29) is 0 Å². The Labute approximate surface area is 71.0 Å². The van der Waals surface area contributed by atoms with Crippen LogP contribution in [0, 0.1) is 6.08 Å². The van der Waals surface area contributed by atoms with Crippen LogP contribution in [0.5, 0.6) is 0 Å². The quantitative estimate of drug-likeness (QED) is 0.537. The van der Waals surface area contributed by atoms with Crippen LogP contribution in [0.15, 0.2) is 16.7 Å². The first-order chi connectivity index (χ1) is 5.13. The molecule has 63 valence electrons. The van der Waals surface area contributed by atoms with Gasteiger partial charge in [-0.15, -0.1) is 0 Å². The monoisotopic (exact) mass is 151 g/mol. The van der Waals surface area contributed by atoms with E-state index in [1.54, 1.807) is 0 Å². The van der Waals surface area contributed by atoms with Crippen LogP contribution in [0.3, 0.4) is 0 Å². The van der Waals surface area contributed by atoms with Crippen molar-refractivity contribution in [2.75, 3.05) is 0 Å². The number of hydrogen-bond acceptors (Lipinski definition) is 0. The number of rotatable bonds is 3. The molecule has 0 amide bonds. The van der Waals surface area contributed by atoms with Crippen molar-refractivity contribution in [1.29, 1.82) is 0 Å². The Balaban J connectivity index is 4.39. The SMILES string of the molecule is C/[C]=C(C)\C(C)=C(/C)CCC. The summed E-state index contributed by atoms with van der Waals surface area (Å²) in [6.07, 6.45) is 5.61. The van der Waals surface area contributed by atoms with Crippen molar-refractivity contribution in [3.63, 3.8) is 0 Å². The predicted octanol–water partition coefficient (Wildman–Crippen LogP) is 3.89. The van der Waals surface area contributed by atoms with Gasteiger partial charge in [-0.25, -0.2) is 0 Å². The lowest BCUT2D eigenvalue weighted by Gasteiger charge is -2.05. The summed E-state index contributed by atoms with van der Waals surface area (Å²) in [5.74, 6) is 0. The second-order valence-electron chi connectivity index (χ2n) is 3.03. The van der Waals surface area contributed by atoms with Crippen LogP contribution in [0.4, 0.5) is 0 Å². The van der Waals surface area contributed by atoms with Crippen molar-refractivity contribution >= 4 is 0 Å². The van der Waals surface area contributed by atoms with Crippen LogP contribution < -0.4 is 0 Å². The molecule has 0 saturated carbocycles. The maximum absolute atomic E-state index is 3.16. The Hall–Kier alpha value is -0.520. The van der Waals surface area contributed by atoms with E-state index in [1.165, 1.54) is 29.6 Å². The maximum atomic E-state index is 3.16. The van der Waals surface area contributed by atoms with Crippen molar-refractivity contribution in [3.05, 3.63) is 22.8 Å². The average Bonchev–Trinajstić information content (AvgIpc) is 2.02. The Morgan fingerprint density at radius 1 is 1.18 bits per heavy atom. The normalized spacial score (nSPS) is 14.8. The molecule has 0 N–H and O–H groups in total. The Bertz CT molecular complexity index is 170. The molecular weight excluding hydrogens is 132 g/mol. The van der Waals surface area contributed by atoms with Crippen LogP contribution in [-0.4, -0.2) is 0 Å². The lowest BCUT2D eigenvalue weighted by Crippen LogP contribution is -1.86. The zero-order valence-corrected chi connectivity index (χ0v) is 8.41. The Kier molecular flexibility index (Phi) is 4.93. The van der Waals surface area contributed by atoms with Crippen LogP contribution in [0.1, 0.15) is 47.5 Å². The zero-order valence-electron chi connectivity index (χ0n) is 8.41. The number of allylic oxidation sites excluding steroid dienone is 4. The van der Waals surface area contributed by atoms with E-state index in [9.17, 15) is 0 Å². The molecule has 0 rings (SSSR count). The summed E-state index contributed by atoms with van der Waals surface area (Å²) in [6, 6.07) is 0. The largest absolute Gasteiger partial charge is 0.0701 e. The van der Waals surface area contributed by atoms with E-state index in [0.717, 1.165) is 0 Å². The predicted molar refractivity (Wildman–Crippen MR) is 51.4 cm³/mol. The zero-order chi connectivity index (χ0) is 8.85. The second kappa shape index (κ2) is 5.17. The van der Waals surface area contributed by atoms with E-state index in [4.69, 9.17) is 0 Å². The molecule has 0 aromatic carbocycles. The van der Waals surface area contributed by atoms with Crippen molar-refractivity contribution in [1.82, 2.24) is 0 Å². The van der Waals surface area contributed by atoms with Gasteiger partial charge in [-0.1, -0.05) is 18.9 Å². The summed E-state index contributed by atoms with van der Waals surface area (Å²) in [5.41, 5.74) is 4.20. The molecule has 0 spiro atoms. The molecule has 0 aromatic heterocycles. The molecule has 11 heavy (non-hydrogen) atoms. The van der Waals surface area contributed by atoms with E-state index in [1.807, 2.05) is 6.92 Å². The van der Waals surface area contributed by atoms with Crippen LogP contribution in [-0.2, 0) is 0 Å². The first kappa shape index (κ1) is 10.5. The van der Waals surface area contributed by atoms with E-state index < -0.39 is 0 Å². The van der Waals surface area contributed by atoms with Crippen LogP contribution >= 0.6 is 0 Å². The molecule has 1 radical (unpaired) electrons. The molecule has 0 aliphatic rings. The molecule has 0 saturated heterocycles. The molecule has 0 bridgehead atoms. The van der Waals surface area contributed by atoms with Gasteiger partial charge in [0.1, 0.15) is 0 Å². The fourth-order valence-corrected chi connectivity index (χ4v) is 1.07. The van der Waals surface area contributed by atoms with E-state index in [2.05, 4.69) is 33.8 Å². The summed E-state index contributed by atoms with van der Waals surface area (Å²) in [4.78, 5) is 0. The highest BCUT2D eigenvalue weighted by Gasteiger charge is 1.96. The lowest BCUT2D eigenvalue weighted by molar-refractivity contribution is 0.891. The average molecular weight is 151 g/mol. The third kappa shape index (κ3) is 3.41. The second-order valence-corrected chi connectivity index (χ2v) is 3.03. The minimum atomic E-state index is 1.21. The van der Waals surface area contributed by atoms with Crippen molar-refractivity contribution in [2.24, 2.45) is 0 Å². The summed E-state index contributed by atoms with van der Waals surface area (Å²) in [5, 5.41) is 0. The number of hydrogen-bond donors (Lipinski definition) is 0. The van der Waals surface area contributed by atoms with Crippen molar-refractivity contribution in [2.45, 2.75) is 47.5 Å². The van der Waals surface area contributed by atoms with Gasteiger partial charge in [-0.2, -0.15) is 0 Å². The fraction of sp³-hybridized carbons (Fsp3) is 0.636. The molecule has 0 fully saturated rings. The van der Waals surface area contributed by atoms with Gasteiger partial charge in [0.15, 0.2) is 0 Å². The van der Waals surface area contributed by atoms with Crippen LogP contribution in [0.2, 0.25) is 0 Å². The summed E-state index contributed by atoms with van der Waals surface area (Å²) >= 11 is 0. The third-order valence-corrected chi connectivity index (χ3v) is 2.20. The molecule has 0 nitrogen and oxygen atoms in total. The molecular formula is C11H19. The van der Waals surface area contributed by atoms with Gasteiger partial charge in [0.25, 0.3) is 0 Å². The van der Waals surface area contributed by atoms with E-state index in [0.29, 0.717) is 0 Å². The maximum Gasteiger partial charge on any atom is -0.0320 e. The molecule has 0 aliphatic heterocycles. The molecule has 0 unspecified atom stereocenters. The molecule has 0 aromatic rings. The summed E-state index contributed by atoms with van der Waals surface area (Å²) in [6.45, 7) is 10.7. The smallest absolute Gasteiger partial charge is 0.0320 e. The topological polar surface area (TPSA) is 0 Å². The molecule has 0 aliphatic carbocycles. The van der Waals surface area contributed by atoms with Gasteiger partial charge in [0, 0.05) is 0 Å². The third-order valence-electron chi connectivity index (χ3n) is 2.20. The minimum Gasteiger partial charge on any atom is -0.0701 e. The van der Waals surface area contributed by atoms with Gasteiger partial charge in [-0.3, -0.25) is 0 Å². The van der Waals surface area contributed by atoms with E-state index >= 15 is 0 Å². The fourth-order valence-electron chi connectivity index (χ4n) is 1.07. The lowest BCUT2D eigenvalue weighted by atomic mass is 10.0. The summed E-state index contributed by atoms with van der Waals surface area (Å²) < 4.78 is 0. The van der Waals surface area contributed by atoms with Crippen molar-refractivity contribution < 1.29 is 0 Å². The molecule has 0 heterocycles. The first-order valence-electron chi connectivity index (χ1n) is 4.31. The standard InChI is InChI=1S/C11H19/c1-6-8-10(4)11(5)9(3)7-2/h6,8H2,1-5H3/b9-7?,11-10+. The van der Waals surface area contributed by atoms with Gasteiger partial charge >= 0.3 is 0 Å². The summed E-state index contributed by atoms with van der Waals surface area (Å²) in [7, 11) is 0. The van der Waals surface area contributed by atoms with Gasteiger partial charge < -0.3 is 0 Å². The highest BCUT2D eigenvalue weighted by atomic mass is 14.0. The first-order valence-corrected chi connectivity index (χ1v) is 4.31. The molecule has 0 heteroatoms. The van der Waals surface area contributed by atoms with Crippen LogP contribution in [0.25, 0.3) is 0 Å². The Morgan fingerprint density at radius 2 is 1.73 bits per heavy atom. The highest BCUT2D eigenvalue weighted by molar-refractivity contribution is 5.29. The highest BCUT2D eigenvalue weighted by Crippen LogP contribution is 2.16. The Morgan fingerprint density at radius 3 is 2.09 bits per heavy atom.